The number of nitrogens with two attached hydrogens (primary N) is 1. The normalized spacial score (nSPS) is 10.2. The van der Waals surface area contributed by atoms with Crippen molar-refractivity contribution in [1.29, 1.82) is 0 Å². The summed E-state index contributed by atoms with van der Waals surface area (Å²) in [6, 6.07) is 21.7. The fourth-order valence-corrected chi connectivity index (χ4v) is 2.74. The molecule has 166 valence electrons. The summed E-state index contributed by atoms with van der Waals surface area (Å²) in [4.78, 5) is 23.2. The monoisotopic (exact) mass is 436 g/mol. The molecule has 8 heteroatoms. The largest absolute Gasteiger partial charge is 0.493 e. The molecule has 3 aromatic carbocycles. The molecular formula is C24H24N2O6. The predicted molar refractivity (Wildman–Crippen MR) is 119 cm³/mol. The molecule has 0 fully saturated rings. The first-order valence-electron chi connectivity index (χ1n) is 9.82. The Balaban J connectivity index is 1.49. The Morgan fingerprint density at radius 3 is 2.16 bits per heavy atom. The average Bonchev–Trinajstić information content (AvgIpc) is 2.81. The van der Waals surface area contributed by atoms with Gasteiger partial charge in [0, 0.05) is 11.8 Å². The van der Waals surface area contributed by atoms with Gasteiger partial charge in [-0.3, -0.25) is 9.59 Å². The van der Waals surface area contributed by atoms with Crippen LogP contribution >= 0.6 is 0 Å². The van der Waals surface area contributed by atoms with Crippen LogP contribution in [0, 0.1) is 0 Å². The molecule has 3 rings (SSSR count). The van der Waals surface area contributed by atoms with Gasteiger partial charge in [-0.1, -0.05) is 30.3 Å². The first-order chi connectivity index (χ1) is 15.5. The maximum atomic E-state index is 12.2. The molecule has 0 aliphatic carbocycles. The molecule has 0 aliphatic rings. The van der Waals surface area contributed by atoms with Crippen LogP contribution in [0.15, 0.2) is 72.8 Å². The topological polar surface area (TPSA) is 109 Å². The molecule has 0 saturated carbocycles. The van der Waals surface area contributed by atoms with Crippen LogP contribution in [0.1, 0.15) is 5.56 Å². The number of benzene rings is 3. The molecule has 0 aromatic heterocycles. The first-order valence-corrected chi connectivity index (χ1v) is 9.82. The summed E-state index contributed by atoms with van der Waals surface area (Å²) in [7, 11) is 1.47. The molecule has 0 heterocycles. The van der Waals surface area contributed by atoms with Crippen LogP contribution in [0.2, 0.25) is 0 Å². The third-order valence-electron chi connectivity index (χ3n) is 4.26. The van der Waals surface area contributed by atoms with E-state index in [-0.39, 0.29) is 24.9 Å². The van der Waals surface area contributed by atoms with E-state index in [0.717, 1.165) is 5.56 Å². The minimum atomic E-state index is -0.619. The van der Waals surface area contributed by atoms with E-state index < -0.39 is 5.91 Å². The molecule has 0 aliphatic heterocycles. The van der Waals surface area contributed by atoms with Crippen molar-refractivity contribution in [3.8, 4) is 23.0 Å². The number of primary amides is 1. The van der Waals surface area contributed by atoms with E-state index in [1.54, 1.807) is 42.5 Å². The summed E-state index contributed by atoms with van der Waals surface area (Å²) >= 11 is 0. The highest BCUT2D eigenvalue weighted by Crippen LogP contribution is 2.30. The predicted octanol–water partition coefficient (Wildman–Crippen LogP) is 3.16. The van der Waals surface area contributed by atoms with Gasteiger partial charge >= 0.3 is 0 Å². The average molecular weight is 436 g/mol. The fraction of sp³-hybridized carbons (Fsp3) is 0.167. The van der Waals surface area contributed by atoms with Crippen LogP contribution in [0.25, 0.3) is 0 Å². The van der Waals surface area contributed by atoms with Crippen molar-refractivity contribution in [2.45, 2.75) is 6.61 Å². The number of amides is 2. The molecule has 0 saturated heterocycles. The van der Waals surface area contributed by atoms with Crippen molar-refractivity contribution in [2.75, 3.05) is 25.6 Å². The number of carbonyl (C=O) groups excluding carboxylic acids is 2. The summed E-state index contributed by atoms with van der Waals surface area (Å²) in [6.07, 6.45) is 0. The van der Waals surface area contributed by atoms with E-state index in [0.29, 0.717) is 29.5 Å². The summed E-state index contributed by atoms with van der Waals surface area (Å²) in [6.45, 7) is -0.0217. The second-order valence-corrected chi connectivity index (χ2v) is 6.70. The molecule has 0 bridgehead atoms. The molecule has 0 atom stereocenters. The third-order valence-corrected chi connectivity index (χ3v) is 4.26. The van der Waals surface area contributed by atoms with Crippen molar-refractivity contribution in [1.82, 2.24) is 0 Å². The van der Waals surface area contributed by atoms with Gasteiger partial charge in [-0.25, -0.2) is 0 Å². The van der Waals surface area contributed by atoms with E-state index in [1.165, 1.54) is 7.11 Å². The van der Waals surface area contributed by atoms with Crippen LogP contribution in [-0.2, 0) is 16.2 Å². The Hall–Kier alpha value is -4.20. The van der Waals surface area contributed by atoms with Crippen LogP contribution in [-0.4, -0.2) is 32.1 Å². The molecule has 0 radical (unpaired) electrons. The van der Waals surface area contributed by atoms with Crippen molar-refractivity contribution in [3.05, 3.63) is 78.4 Å². The maximum absolute atomic E-state index is 12.2. The minimum absolute atomic E-state index is 0.187. The Labute approximate surface area is 185 Å². The minimum Gasteiger partial charge on any atom is -0.493 e. The second-order valence-electron chi connectivity index (χ2n) is 6.70. The molecular weight excluding hydrogens is 412 g/mol. The van der Waals surface area contributed by atoms with Gasteiger partial charge in [-0.15, -0.1) is 0 Å². The standard InChI is InChI=1S/C24H24N2O6/c1-29-21-12-7-18(13-22(21)32-15-23(25)27)26-24(28)16-31-20-10-8-19(9-11-20)30-14-17-5-3-2-4-6-17/h2-13H,14-16H2,1H3,(H2,25,27)(H,26,28). The van der Waals surface area contributed by atoms with E-state index in [4.69, 9.17) is 24.7 Å². The van der Waals surface area contributed by atoms with Crippen molar-refractivity contribution >= 4 is 17.5 Å². The third kappa shape index (κ3) is 6.94. The van der Waals surface area contributed by atoms with Gasteiger partial charge in [-0.05, 0) is 42.0 Å². The number of hydrogen-bond donors (Lipinski definition) is 2. The lowest BCUT2D eigenvalue weighted by molar-refractivity contribution is -0.120. The molecule has 8 nitrogen and oxygen atoms in total. The van der Waals surface area contributed by atoms with E-state index in [9.17, 15) is 9.59 Å². The molecule has 0 spiro atoms. The maximum Gasteiger partial charge on any atom is 0.262 e. The Morgan fingerprint density at radius 1 is 0.812 bits per heavy atom. The second kappa shape index (κ2) is 11.3. The van der Waals surface area contributed by atoms with Crippen molar-refractivity contribution < 1.29 is 28.5 Å². The number of nitrogens with one attached hydrogen (secondary N) is 1. The summed E-state index contributed by atoms with van der Waals surface area (Å²) in [5.41, 5.74) is 6.64. The van der Waals surface area contributed by atoms with E-state index in [1.807, 2.05) is 30.3 Å². The number of methoxy groups -OCH3 is 1. The fourth-order valence-electron chi connectivity index (χ4n) is 2.74. The lowest BCUT2D eigenvalue weighted by Gasteiger charge is -2.12. The van der Waals surface area contributed by atoms with Gasteiger partial charge in [0.1, 0.15) is 18.1 Å². The first kappa shape index (κ1) is 22.5. The Kier molecular flexibility index (Phi) is 7.91. The van der Waals surface area contributed by atoms with Gasteiger partial charge in [0.05, 0.1) is 7.11 Å². The highest BCUT2D eigenvalue weighted by atomic mass is 16.5. The zero-order valence-corrected chi connectivity index (χ0v) is 17.6. The van der Waals surface area contributed by atoms with Gasteiger partial charge in [0.2, 0.25) is 0 Å². The zero-order chi connectivity index (χ0) is 22.8. The van der Waals surface area contributed by atoms with Gasteiger partial charge < -0.3 is 30.0 Å². The molecule has 3 aromatic rings. The van der Waals surface area contributed by atoms with Crippen LogP contribution in [0.4, 0.5) is 5.69 Å². The van der Waals surface area contributed by atoms with Gasteiger partial charge in [-0.2, -0.15) is 0 Å². The number of ether oxygens (including phenoxy) is 4. The van der Waals surface area contributed by atoms with Crippen molar-refractivity contribution in [2.24, 2.45) is 5.73 Å². The molecule has 0 unspecified atom stereocenters. The zero-order valence-electron chi connectivity index (χ0n) is 17.6. The summed E-state index contributed by atoms with van der Waals surface area (Å²) in [5.74, 6) is 0.956. The Morgan fingerprint density at radius 2 is 1.50 bits per heavy atom. The molecule has 3 N–H and O–H groups in total. The summed E-state index contributed by atoms with van der Waals surface area (Å²) in [5, 5.41) is 2.70. The lowest BCUT2D eigenvalue weighted by Crippen LogP contribution is -2.21. The number of anilines is 1. The van der Waals surface area contributed by atoms with Crippen LogP contribution < -0.4 is 30.0 Å². The quantitative estimate of drug-likeness (QED) is 0.478. The smallest absolute Gasteiger partial charge is 0.262 e. The van der Waals surface area contributed by atoms with Crippen molar-refractivity contribution in [3.63, 3.8) is 0 Å². The van der Waals surface area contributed by atoms with Crippen LogP contribution in [0.5, 0.6) is 23.0 Å². The Bertz CT molecular complexity index is 1040. The number of carbonyl (C=O) groups is 2. The van der Waals surface area contributed by atoms with Gasteiger partial charge in [0.15, 0.2) is 24.7 Å². The summed E-state index contributed by atoms with van der Waals surface area (Å²) < 4.78 is 21.7. The molecule has 32 heavy (non-hydrogen) atoms. The van der Waals surface area contributed by atoms with Gasteiger partial charge in [0.25, 0.3) is 11.8 Å². The molecule has 2 amide bonds. The van der Waals surface area contributed by atoms with E-state index in [2.05, 4.69) is 5.32 Å². The number of rotatable bonds is 11. The van der Waals surface area contributed by atoms with Crippen LogP contribution in [0.3, 0.4) is 0 Å². The number of hydrogen-bond acceptors (Lipinski definition) is 6. The highest BCUT2D eigenvalue weighted by molar-refractivity contribution is 5.92. The lowest BCUT2D eigenvalue weighted by atomic mass is 10.2. The SMILES string of the molecule is COc1ccc(NC(=O)COc2ccc(OCc3ccccc3)cc2)cc1OCC(N)=O. The highest BCUT2D eigenvalue weighted by Gasteiger charge is 2.10. The van der Waals surface area contributed by atoms with E-state index >= 15 is 0 Å².